The summed E-state index contributed by atoms with van der Waals surface area (Å²) in [6, 6.07) is 3.42. The largest absolute Gasteiger partial charge is 0.250 e. The molecule has 3 nitrogen and oxygen atoms in total. The van der Waals surface area contributed by atoms with Gasteiger partial charge in [-0.25, -0.2) is 13.1 Å². The molecule has 1 fully saturated rings. The first kappa shape index (κ1) is 11.6. The Labute approximate surface area is 102 Å². The molecule has 1 aromatic rings. The van der Waals surface area contributed by atoms with Crippen LogP contribution in [0.25, 0.3) is 0 Å². The quantitative estimate of drug-likeness (QED) is 0.871. The maximum Gasteiger partial charge on any atom is 0.250 e. The van der Waals surface area contributed by atoms with E-state index in [1.165, 1.54) is 11.3 Å². The van der Waals surface area contributed by atoms with E-state index in [1.54, 1.807) is 17.5 Å². The lowest BCUT2D eigenvalue weighted by Gasteiger charge is -2.15. The summed E-state index contributed by atoms with van der Waals surface area (Å²) in [5, 5.41) is 1.77. The van der Waals surface area contributed by atoms with Gasteiger partial charge in [0, 0.05) is 10.9 Å². The summed E-state index contributed by atoms with van der Waals surface area (Å²) in [7, 11) is -3.29. The van der Waals surface area contributed by atoms with Crippen LogP contribution in [-0.2, 0) is 10.0 Å². The molecule has 2 atom stereocenters. The standard InChI is InChI=1S/C9H12BrNO2S2/c10-7-3-1-4-8(7)11-15(12,13)9-5-2-6-14-9/h2,5-8,11H,1,3-4H2. The smallest absolute Gasteiger partial charge is 0.206 e. The highest BCUT2D eigenvalue weighted by Crippen LogP contribution is 2.27. The minimum atomic E-state index is -3.29. The summed E-state index contributed by atoms with van der Waals surface area (Å²) >= 11 is 4.75. The zero-order valence-corrected chi connectivity index (χ0v) is 11.2. The van der Waals surface area contributed by atoms with E-state index in [2.05, 4.69) is 20.7 Å². The Morgan fingerprint density at radius 3 is 2.80 bits per heavy atom. The monoisotopic (exact) mass is 309 g/mol. The van der Waals surface area contributed by atoms with E-state index >= 15 is 0 Å². The Kier molecular flexibility index (Phi) is 3.49. The summed E-state index contributed by atoms with van der Waals surface area (Å²) in [6.45, 7) is 0. The van der Waals surface area contributed by atoms with Crippen molar-refractivity contribution >= 4 is 37.3 Å². The number of rotatable bonds is 3. The summed E-state index contributed by atoms with van der Waals surface area (Å²) in [5.74, 6) is 0. The molecule has 1 aliphatic carbocycles. The van der Waals surface area contributed by atoms with Crippen molar-refractivity contribution < 1.29 is 8.42 Å². The Morgan fingerprint density at radius 1 is 1.47 bits per heavy atom. The van der Waals surface area contributed by atoms with Crippen molar-refractivity contribution in [1.29, 1.82) is 0 Å². The molecule has 1 heterocycles. The number of halogens is 1. The van der Waals surface area contributed by atoms with E-state index in [0.29, 0.717) is 4.21 Å². The van der Waals surface area contributed by atoms with Gasteiger partial charge in [-0.3, -0.25) is 0 Å². The molecule has 6 heteroatoms. The number of nitrogens with one attached hydrogen (secondary N) is 1. The molecule has 1 aliphatic rings. The molecular weight excluding hydrogens is 298 g/mol. The van der Waals surface area contributed by atoms with Crippen LogP contribution in [0.3, 0.4) is 0 Å². The first-order valence-electron chi connectivity index (χ1n) is 4.79. The number of hydrogen-bond acceptors (Lipinski definition) is 3. The first-order chi connectivity index (χ1) is 7.09. The summed E-state index contributed by atoms with van der Waals surface area (Å²) in [4.78, 5) is 0.271. The Morgan fingerprint density at radius 2 is 2.27 bits per heavy atom. The van der Waals surface area contributed by atoms with Crippen molar-refractivity contribution in [3.63, 3.8) is 0 Å². The van der Waals surface area contributed by atoms with E-state index in [1.807, 2.05) is 0 Å². The van der Waals surface area contributed by atoms with Crippen molar-refractivity contribution in [2.45, 2.75) is 34.3 Å². The number of alkyl halides is 1. The van der Waals surface area contributed by atoms with E-state index in [9.17, 15) is 8.42 Å². The van der Waals surface area contributed by atoms with Crippen LogP contribution in [-0.4, -0.2) is 19.3 Å². The van der Waals surface area contributed by atoms with Gasteiger partial charge >= 0.3 is 0 Å². The SMILES string of the molecule is O=S(=O)(NC1CCCC1Br)c1cccs1. The normalized spacial score (nSPS) is 27.0. The molecule has 2 unspecified atom stereocenters. The maximum absolute atomic E-state index is 11.9. The van der Waals surface area contributed by atoms with Crippen LogP contribution in [0.1, 0.15) is 19.3 Å². The molecule has 0 bridgehead atoms. The summed E-state index contributed by atoms with van der Waals surface area (Å²) in [5.41, 5.74) is 0. The van der Waals surface area contributed by atoms with Crippen LogP contribution in [0.15, 0.2) is 21.7 Å². The third-order valence-corrected chi connectivity index (χ3v) is 6.48. The van der Waals surface area contributed by atoms with Gasteiger partial charge in [-0.15, -0.1) is 11.3 Å². The highest BCUT2D eigenvalue weighted by Gasteiger charge is 2.29. The molecule has 2 rings (SSSR count). The van der Waals surface area contributed by atoms with Crippen molar-refractivity contribution in [3.8, 4) is 0 Å². The molecule has 0 aliphatic heterocycles. The Balaban J connectivity index is 2.11. The fourth-order valence-electron chi connectivity index (χ4n) is 1.72. The molecule has 1 aromatic heterocycles. The minimum absolute atomic E-state index is 0.0390. The third kappa shape index (κ3) is 2.61. The highest BCUT2D eigenvalue weighted by atomic mass is 79.9. The van der Waals surface area contributed by atoms with Crippen LogP contribution in [0.4, 0.5) is 0 Å². The predicted octanol–water partition coefficient (Wildman–Crippen LogP) is 2.34. The Hall–Kier alpha value is 0.0900. The second-order valence-electron chi connectivity index (χ2n) is 3.61. The van der Waals surface area contributed by atoms with Gasteiger partial charge in [0.1, 0.15) is 4.21 Å². The average Bonchev–Trinajstić information content (AvgIpc) is 2.77. The zero-order chi connectivity index (χ0) is 10.9. The van der Waals surface area contributed by atoms with Gasteiger partial charge in [-0.05, 0) is 24.3 Å². The van der Waals surface area contributed by atoms with Gasteiger partial charge in [0.25, 0.3) is 0 Å². The van der Waals surface area contributed by atoms with E-state index in [0.717, 1.165) is 19.3 Å². The maximum atomic E-state index is 11.9. The van der Waals surface area contributed by atoms with Gasteiger partial charge < -0.3 is 0 Å². The van der Waals surface area contributed by atoms with Crippen LogP contribution in [0, 0.1) is 0 Å². The molecule has 0 spiro atoms. The molecule has 0 amide bonds. The molecule has 1 saturated carbocycles. The van der Waals surface area contributed by atoms with Gasteiger partial charge in [0.15, 0.2) is 0 Å². The summed E-state index contributed by atoms with van der Waals surface area (Å²) < 4.78 is 26.9. The fourth-order valence-corrected chi connectivity index (χ4v) is 4.94. The van der Waals surface area contributed by atoms with E-state index in [4.69, 9.17) is 0 Å². The molecule has 0 saturated heterocycles. The second kappa shape index (κ2) is 4.53. The Bertz CT molecular complexity index is 415. The molecule has 1 N–H and O–H groups in total. The molecular formula is C9H12BrNO2S2. The zero-order valence-electron chi connectivity index (χ0n) is 8.02. The van der Waals surface area contributed by atoms with Gasteiger partial charge in [0.05, 0.1) is 0 Å². The van der Waals surface area contributed by atoms with Crippen LogP contribution in [0.2, 0.25) is 0 Å². The number of hydrogen-bond donors (Lipinski definition) is 1. The second-order valence-corrected chi connectivity index (χ2v) is 7.67. The van der Waals surface area contributed by atoms with Crippen molar-refractivity contribution in [2.75, 3.05) is 0 Å². The molecule has 15 heavy (non-hydrogen) atoms. The third-order valence-electron chi connectivity index (χ3n) is 2.50. The van der Waals surface area contributed by atoms with Crippen molar-refractivity contribution in [3.05, 3.63) is 17.5 Å². The lowest BCUT2D eigenvalue weighted by molar-refractivity contribution is 0.558. The minimum Gasteiger partial charge on any atom is -0.206 e. The topological polar surface area (TPSA) is 46.2 Å². The molecule has 84 valence electrons. The number of sulfonamides is 1. The van der Waals surface area contributed by atoms with Crippen molar-refractivity contribution in [1.82, 2.24) is 4.72 Å². The van der Waals surface area contributed by atoms with Crippen LogP contribution < -0.4 is 4.72 Å². The predicted molar refractivity (Wildman–Crippen MR) is 65.0 cm³/mol. The van der Waals surface area contributed by atoms with E-state index < -0.39 is 10.0 Å². The number of thiophene rings is 1. The average molecular weight is 310 g/mol. The summed E-state index contributed by atoms with van der Waals surface area (Å²) in [6.07, 6.45) is 3.03. The van der Waals surface area contributed by atoms with Gasteiger partial charge in [0.2, 0.25) is 10.0 Å². The first-order valence-corrected chi connectivity index (χ1v) is 8.07. The lowest BCUT2D eigenvalue weighted by atomic mass is 10.3. The molecule has 0 aromatic carbocycles. The molecule has 0 radical (unpaired) electrons. The van der Waals surface area contributed by atoms with Gasteiger partial charge in [-0.2, -0.15) is 0 Å². The van der Waals surface area contributed by atoms with E-state index in [-0.39, 0.29) is 10.9 Å². The van der Waals surface area contributed by atoms with Crippen LogP contribution in [0.5, 0.6) is 0 Å². The van der Waals surface area contributed by atoms with Crippen molar-refractivity contribution in [2.24, 2.45) is 0 Å². The van der Waals surface area contributed by atoms with Gasteiger partial charge in [-0.1, -0.05) is 28.4 Å². The fraction of sp³-hybridized carbons (Fsp3) is 0.556. The highest BCUT2D eigenvalue weighted by molar-refractivity contribution is 9.09. The lowest BCUT2D eigenvalue weighted by Crippen LogP contribution is -2.37. The van der Waals surface area contributed by atoms with Crippen LogP contribution >= 0.6 is 27.3 Å².